The standard InChI is InChI=1S/C21H27N3O4/c1-3-13-28-18-10-9-15(14-19(18)27-4-2)20(25)24-17-8-6-5-7-16(17)21(26)23-12-11-22/h5-10,14H,3-4,11-13,22H2,1-2H3,(H,23,26)(H,24,25). The molecule has 2 amide bonds. The SMILES string of the molecule is CCCOc1ccc(C(=O)Nc2ccccc2C(=O)NCCN)cc1OCC. The minimum absolute atomic E-state index is 0.292. The van der Waals surface area contributed by atoms with Gasteiger partial charge in [0.1, 0.15) is 0 Å². The maximum atomic E-state index is 12.7. The summed E-state index contributed by atoms with van der Waals surface area (Å²) in [5.74, 6) is 0.473. The fourth-order valence-corrected chi connectivity index (χ4v) is 2.51. The number of hydrogen-bond acceptors (Lipinski definition) is 5. The van der Waals surface area contributed by atoms with Gasteiger partial charge in [-0.05, 0) is 43.7 Å². The topological polar surface area (TPSA) is 103 Å². The Hall–Kier alpha value is -3.06. The van der Waals surface area contributed by atoms with Gasteiger partial charge in [-0.2, -0.15) is 0 Å². The van der Waals surface area contributed by atoms with Crippen molar-refractivity contribution in [2.75, 3.05) is 31.6 Å². The first-order valence-electron chi connectivity index (χ1n) is 9.39. The molecule has 0 fully saturated rings. The average Bonchev–Trinajstić information content (AvgIpc) is 2.71. The van der Waals surface area contributed by atoms with Crippen LogP contribution in [0.2, 0.25) is 0 Å². The van der Waals surface area contributed by atoms with E-state index in [4.69, 9.17) is 15.2 Å². The summed E-state index contributed by atoms with van der Waals surface area (Å²) in [5.41, 5.74) is 6.63. The minimum atomic E-state index is -0.345. The predicted octanol–water partition coefficient (Wildman–Crippen LogP) is 2.81. The number of para-hydroxylation sites is 1. The van der Waals surface area contributed by atoms with Gasteiger partial charge in [0.15, 0.2) is 11.5 Å². The van der Waals surface area contributed by atoms with Gasteiger partial charge in [-0.1, -0.05) is 19.1 Å². The van der Waals surface area contributed by atoms with Crippen LogP contribution in [0, 0.1) is 0 Å². The first-order chi connectivity index (χ1) is 13.6. The van der Waals surface area contributed by atoms with Crippen LogP contribution in [0.1, 0.15) is 41.0 Å². The van der Waals surface area contributed by atoms with E-state index < -0.39 is 0 Å². The molecule has 0 radical (unpaired) electrons. The molecule has 2 aromatic carbocycles. The lowest BCUT2D eigenvalue weighted by Gasteiger charge is -2.14. The van der Waals surface area contributed by atoms with Crippen LogP contribution in [0.15, 0.2) is 42.5 Å². The van der Waals surface area contributed by atoms with Crippen molar-refractivity contribution in [3.8, 4) is 11.5 Å². The number of hydrogen-bond donors (Lipinski definition) is 3. The van der Waals surface area contributed by atoms with Gasteiger partial charge in [-0.15, -0.1) is 0 Å². The van der Waals surface area contributed by atoms with Gasteiger partial charge >= 0.3 is 0 Å². The second-order valence-electron chi connectivity index (χ2n) is 5.99. The molecule has 0 spiro atoms. The predicted molar refractivity (Wildman–Crippen MR) is 109 cm³/mol. The molecule has 0 heterocycles. The van der Waals surface area contributed by atoms with E-state index >= 15 is 0 Å². The number of anilines is 1. The van der Waals surface area contributed by atoms with Crippen molar-refractivity contribution in [3.05, 3.63) is 53.6 Å². The third-order valence-corrected chi connectivity index (χ3v) is 3.82. The first kappa shape index (κ1) is 21.2. The Balaban J connectivity index is 2.21. The van der Waals surface area contributed by atoms with Crippen molar-refractivity contribution in [3.63, 3.8) is 0 Å². The molecule has 0 bridgehead atoms. The molecule has 4 N–H and O–H groups in total. The van der Waals surface area contributed by atoms with Gasteiger partial charge in [0.05, 0.1) is 24.5 Å². The van der Waals surface area contributed by atoms with E-state index in [9.17, 15) is 9.59 Å². The van der Waals surface area contributed by atoms with Crippen LogP contribution < -0.4 is 25.8 Å². The summed E-state index contributed by atoms with van der Waals surface area (Å²) in [6.07, 6.45) is 0.872. The molecule has 0 aliphatic heterocycles. The zero-order valence-electron chi connectivity index (χ0n) is 16.3. The largest absolute Gasteiger partial charge is 0.490 e. The lowest BCUT2D eigenvalue weighted by atomic mass is 10.1. The van der Waals surface area contributed by atoms with Crippen LogP contribution in [0.25, 0.3) is 0 Å². The van der Waals surface area contributed by atoms with Crippen molar-refractivity contribution < 1.29 is 19.1 Å². The highest BCUT2D eigenvalue weighted by molar-refractivity contribution is 6.09. The molecule has 7 nitrogen and oxygen atoms in total. The van der Waals surface area contributed by atoms with Crippen LogP contribution in [0.4, 0.5) is 5.69 Å². The molecule has 28 heavy (non-hydrogen) atoms. The highest BCUT2D eigenvalue weighted by atomic mass is 16.5. The van der Waals surface area contributed by atoms with Crippen LogP contribution in [0.5, 0.6) is 11.5 Å². The Kier molecular flexibility index (Phi) is 8.30. The number of amides is 2. The number of rotatable bonds is 10. The fourth-order valence-electron chi connectivity index (χ4n) is 2.51. The highest BCUT2D eigenvalue weighted by Crippen LogP contribution is 2.29. The smallest absolute Gasteiger partial charge is 0.255 e. The summed E-state index contributed by atoms with van der Waals surface area (Å²) in [5, 5.41) is 5.49. The Morgan fingerprint density at radius 3 is 2.50 bits per heavy atom. The minimum Gasteiger partial charge on any atom is -0.490 e. The zero-order chi connectivity index (χ0) is 20.4. The monoisotopic (exact) mass is 385 g/mol. The molecule has 2 aromatic rings. The van der Waals surface area contributed by atoms with Gasteiger partial charge in [0, 0.05) is 18.7 Å². The van der Waals surface area contributed by atoms with Crippen molar-refractivity contribution in [1.29, 1.82) is 0 Å². The van der Waals surface area contributed by atoms with Crippen LogP contribution in [-0.4, -0.2) is 38.1 Å². The second kappa shape index (κ2) is 10.9. The molecule has 0 aromatic heterocycles. The summed E-state index contributed by atoms with van der Waals surface area (Å²) >= 11 is 0. The van der Waals surface area contributed by atoms with Gasteiger partial charge in [-0.25, -0.2) is 0 Å². The number of benzene rings is 2. The fraction of sp³-hybridized carbons (Fsp3) is 0.333. The van der Waals surface area contributed by atoms with Crippen molar-refractivity contribution in [1.82, 2.24) is 5.32 Å². The van der Waals surface area contributed by atoms with E-state index in [0.29, 0.717) is 54.6 Å². The molecular formula is C21H27N3O4. The van der Waals surface area contributed by atoms with Crippen molar-refractivity contribution in [2.24, 2.45) is 5.73 Å². The van der Waals surface area contributed by atoms with Gasteiger partial charge < -0.3 is 25.8 Å². The molecular weight excluding hydrogens is 358 g/mol. The lowest BCUT2D eigenvalue weighted by Crippen LogP contribution is -2.30. The third kappa shape index (κ3) is 5.72. The molecule has 0 aliphatic carbocycles. The normalized spacial score (nSPS) is 10.2. The summed E-state index contributed by atoms with van der Waals surface area (Å²) in [6.45, 7) is 5.61. The van der Waals surface area contributed by atoms with Crippen LogP contribution in [0.3, 0.4) is 0 Å². The summed E-state index contributed by atoms with van der Waals surface area (Å²) < 4.78 is 11.3. The Morgan fingerprint density at radius 1 is 1.00 bits per heavy atom. The lowest BCUT2D eigenvalue weighted by molar-refractivity contribution is 0.0955. The average molecular weight is 385 g/mol. The number of nitrogens with two attached hydrogens (primary N) is 1. The van der Waals surface area contributed by atoms with Crippen molar-refractivity contribution >= 4 is 17.5 Å². The summed E-state index contributed by atoms with van der Waals surface area (Å²) in [6, 6.07) is 11.8. The van der Waals surface area contributed by atoms with E-state index in [1.54, 1.807) is 42.5 Å². The van der Waals surface area contributed by atoms with E-state index in [0.717, 1.165) is 6.42 Å². The van der Waals surface area contributed by atoms with Crippen molar-refractivity contribution in [2.45, 2.75) is 20.3 Å². The van der Waals surface area contributed by atoms with Gasteiger partial charge in [0.25, 0.3) is 11.8 Å². The van der Waals surface area contributed by atoms with Gasteiger partial charge in [0.2, 0.25) is 0 Å². The zero-order valence-corrected chi connectivity index (χ0v) is 16.3. The van der Waals surface area contributed by atoms with Crippen LogP contribution >= 0.6 is 0 Å². The van der Waals surface area contributed by atoms with E-state index in [1.807, 2.05) is 13.8 Å². The van der Waals surface area contributed by atoms with Gasteiger partial charge in [-0.3, -0.25) is 9.59 Å². The Morgan fingerprint density at radius 2 is 1.79 bits per heavy atom. The third-order valence-electron chi connectivity index (χ3n) is 3.82. The number of carbonyl (C=O) groups is 2. The number of ether oxygens (including phenoxy) is 2. The molecule has 0 saturated heterocycles. The molecule has 0 saturated carbocycles. The summed E-state index contributed by atoms with van der Waals surface area (Å²) in [4.78, 5) is 25.0. The highest BCUT2D eigenvalue weighted by Gasteiger charge is 2.15. The maximum absolute atomic E-state index is 12.7. The van der Waals surface area contributed by atoms with Crippen LogP contribution in [-0.2, 0) is 0 Å². The molecule has 0 atom stereocenters. The van der Waals surface area contributed by atoms with E-state index in [-0.39, 0.29) is 11.8 Å². The quantitative estimate of drug-likeness (QED) is 0.584. The molecule has 2 rings (SSSR count). The molecule has 150 valence electrons. The molecule has 0 unspecified atom stereocenters. The van der Waals surface area contributed by atoms with E-state index in [1.165, 1.54) is 0 Å². The number of carbonyl (C=O) groups excluding carboxylic acids is 2. The Bertz CT molecular complexity index is 808. The molecule has 7 heteroatoms. The maximum Gasteiger partial charge on any atom is 0.255 e. The molecule has 0 aliphatic rings. The number of nitrogens with one attached hydrogen (secondary N) is 2. The van der Waals surface area contributed by atoms with E-state index in [2.05, 4.69) is 10.6 Å². The second-order valence-corrected chi connectivity index (χ2v) is 5.99. The summed E-state index contributed by atoms with van der Waals surface area (Å²) in [7, 11) is 0. The first-order valence-corrected chi connectivity index (χ1v) is 9.39. The Labute approximate surface area is 165 Å².